The molecule has 9 nitrogen and oxygen atoms in total. The fourth-order valence-electron chi connectivity index (χ4n) is 2.21. The maximum Gasteiger partial charge on any atom is 0.405 e. The second kappa shape index (κ2) is 9.55. The smallest absolute Gasteiger partial charge is 0.405 e. The first-order valence-corrected chi connectivity index (χ1v) is 8.49. The fraction of sp³-hybridized carbons (Fsp3) is 0.562. The van der Waals surface area contributed by atoms with Gasteiger partial charge in [0.25, 0.3) is 0 Å². The van der Waals surface area contributed by atoms with Gasteiger partial charge in [0.1, 0.15) is 5.82 Å². The molecule has 0 atom stereocenters. The molecule has 4 N–H and O–H groups in total. The van der Waals surface area contributed by atoms with Crippen molar-refractivity contribution in [3.05, 3.63) is 24.7 Å². The normalized spacial score (nSPS) is 16.5. The van der Waals surface area contributed by atoms with Crippen LogP contribution in [0.4, 0.5) is 16.6 Å². The zero-order valence-corrected chi connectivity index (χ0v) is 14.4. The Kier molecular flexibility index (Phi) is 7.12. The van der Waals surface area contributed by atoms with E-state index in [1.807, 2.05) is 6.92 Å². The highest BCUT2D eigenvalue weighted by atomic mass is 16.4. The molecular formula is C16H31N7O2. The molecule has 0 aromatic carbocycles. The highest BCUT2D eigenvalue weighted by Gasteiger charge is 2.38. The first kappa shape index (κ1) is 18.6. The number of amides is 1. The van der Waals surface area contributed by atoms with Crippen molar-refractivity contribution in [2.75, 3.05) is 5.32 Å². The van der Waals surface area contributed by atoms with Gasteiger partial charge in [-0.1, -0.05) is 32.1 Å². The molecule has 2 aliphatic carbocycles. The molecule has 0 radical (unpaired) electrons. The number of H-pyrrole nitrogens is 1. The predicted molar refractivity (Wildman–Crippen MR) is 99.9 cm³/mol. The average molecular weight is 353 g/mol. The topological polar surface area (TPSA) is 129 Å². The highest BCUT2D eigenvalue weighted by molar-refractivity contribution is 5.66. The number of rotatable bonds is 3. The summed E-state index contributed by atoms with van der Waals surface area (Å²) < 4.78 is 0. The molecule has 9 heteroatoms. The minimum Gasteiger partial charge on any atom is -0.465 e. The van der Waals surface area contributed by atoms with Crippen LogP contribution in [0.5, 0.6) is 0 Å². The Morgan fingerprint density at radius 2 is 1.88 bits per heavy atom. The molecule has 25 heavy (non-hydrogen) atoms. The molecule has 2 fully saturated rings. The van der Waals surface area contributed by atoms with Crippen LogP contribution >= 0.6 is 0 Å². The number of hydrogen-bond donors (Lipinski definition) is 4. The summed E-state index contributed by atoms with van der Waals surface area (Å²) >= 11 is 0. The van der Waals surface area contributed by atoms with Crippen molar-refractivity contribution in [1.82, 2.24) is 30.7 Å². The van der Waals surface area contributed by atoms with Gasteiger partial charge in [0.15, 0.2) is 0 Å². The largest absolute Gasteiger partial charge is 0.465 e. The zero-order chi connectivity index (χ0) is 18.0. The maximum atomic E-state index is 9.94. The van der Waals surface area contributed by atoms with Crippen molar-refractivity contribution < 1.29 is 14.2 Å². The van der Waals surface area contributed by atoms with E-state index < -0.39 is 6.09 Å². The summed E-state index contributed by atoms with van der Waals surface area (Å²) in [7, 11) is 0. The summed E-state index contributed by atoms with van der Waals surface area (Å²) in [4.78, 5) is 13.9. The summed E-state index contributed by atoms with van der Waals surface area (Å²) in [5.41, 5.74) is -0.0775. The van der Waals surface area contributed by atoms with Gasteiger partial charge in [-0.2, -0.15) is 10.2 Å². The monoisotopic (exact) mass is 353 g/mol. The standard InChI is InChI=1S/C6H6N6.C5H9NO2.C5H10.3H2/c1-2-8-11-5(1)10-6-7-3-4-9-12-6;1-5(2-3-5)6-4(7)8;1-2-4-5-3-1;;;/h1-4H,(H2,7,8,10,11,12);6H,2-3H2,1H3,(H,7,8);1-5H2;3*1H. The number of carbonyl (C=O) groups is 1. The Bertz CT molecular complexity index is 617. The fourth-order valence-corrected chi connectivity index (χ4v) is 2.21. The second-order valence-corrected chi connectivity index (χ2v) is 6.32. The summed E-state index contributed by atoms with van der Waals surface area (Å²) in [6, 6.07) is 1.77. The van der Waals surface area contributed by atoms with Crippen LogP contribution in [0.15, 0.2) is 24.7 Å². The minimum absolute atomic E-state index is 0. The molecule has 2 saturated carbocycles. The molecule has 1 amide bonds. The number of nitrogens with one attached hydrogen (secondary N) is 3. The van der Waals surface area contributed by atoms with Crippen molar-refractivity contribution in [3.8, 4) is 0 Å². The third-order valence-corrected chi connectivity index (χ3v) is 3.89. The van der Waals surface area contributed by atoms with E-state index in [0.29, 0.717) is 5.95 Å². The molecule has 142 valence electrons. The van der Waals surface area contributed by atoms with Crippen LogP contribution in [0, 0.1) is 0 Å². The number of hydrogen-bond acceptors (Lipinski definition) is 6. The molecular weight excluding hydrogens is 322 g/mol. The summed E-state index contributed by atoms with van der Waals surface area (Å²) in [5.74, 6) is 1.18. The second-order valence-electron chi connectivity index (χ2n) is 6.32. The van der Waals surface area contributed by atoms with Crippen LogP contribution in [0.25, 0.3) is 0 Å². The van der Waals surface area contributed by atoms with Gasteiger partial charge in [-0.15, -0.1) is 5.10 Å². The van der Waals surface area contributed by atoms with Gasteiger partial charge in [0.05, 0.1) is 18.6 Å². The van der Waals surface area contributed by atoms with Gasteiger partial charge in [-0.05, 0) is 19.8 Å². The van der Waals surface area contributed by atoms with Gasteiger partial charge >= 0.3 is 6.09 Å². The molecule has 2 aromatic heterocycles. The van der Waals surface area contributed by atoms with E-state index >= 15 is 0 Å². The van der Waals surface area contributed by atoms with Crippen molar-refractivity contribution in [2.45, 2.75) is 57.4 Å². The van der Waals surface area contributed by atoms with Crippen LogP contribution in [0.1, 0.15) is 56.1 Å². The zero-order valence-electron chi connectivity index (χ0n) is 14.4. The van der Waals surface area contributed by atoms with Crippen molar-refractivity contribution in [3.63, 3.8) is 0 Å². The van der Waals surface area contributed by atoms with Gasteiger partial charge in [0, 0.05) is 15.9 Å². The Hall–Kier alpha value is -2.71. The quantitative estimate of drug-likeness (QED) is 0.660. The van der Waals surface area contributed by atoms with Gasteiger partial charge in [0.2, 0.25) is 5.95 Å². The summed E-state index contributed by atoms with van der Waals surface area (Å²) in [5, 5.41) is 27.3. The molecule has 0 spiro atoms. The minimum atomic E-state index is -0.912. The highest BCUT2D eigenvalue weighted by Crippen LogP contribution is 2.33. The van der Waals surface area contributed by atoms with Gasteiger partial charge in [-0.3, -0.25) is 5.10 Å². The lowest BCUT2D eigenvalue weighted by molar-refractivity contribution is 0.189. The molecule has 0 saturated heterocycles. The van der Waals surface area contributed by atoms with Crippen LogP contribution in [0.3, 0.4) is 0 Å². The molecule has 0 bridgehead atoms. The van der Waals surface area contributed by atoms with Crippen LogP contribution in [0.2, 0.25) is 0 Å². The lowest BCUT2D eigenvalue weighted by Gasteiger charge is -2.04. The molecule has 0 unspecified atom stereocenters. The Morgan fingerprint density at radius 1 is 1.20 bits per heavy atom. The Balaban J connectivity index is 0. The lowest BCUT2D eigenvalue weighted by atomic mass is 10.3. The lowest BCUT2D eigenvalue weighted by Crippen LogP contribution is -2.32. The van der Waals surface area contributed by atoms with Crippen LogP contribution in [-0.4, -0.2) is 42.1 Å². The number of aromatic nitrogens is 5. The van der Waals surface area contributed by atoms with E-state index in [1.54, 1.807) is 18.5 Å². The molecule has 4 rings (SSSR count). The third-order valence-electron chi connectivity index (χ3n) is 3.89. The first-order valence-electron chi connectivity index (χ1n) is 8.49. The molecule has 2 aliphatic rings. The van der Waals surface area contributed by atoms with Gasteiger partial charge < -0.3 is 15.7 Å². The summed E-state index contributed by atoms with van der Waals surface area (Å²) in [6.07, 6.45) is 13.3. The molecule has 2 heterocycles. The molecule has 0 aliphatic heterocycles. The maximum absolute atomic E-state index is 9.94. The number of carboxylic acid groups (broad SMARTS) is 1. The van der Waals surface area contributed by atoms with E-state index in [-0.39, 0.29) is 9.82 Å². The van der Waals surface area contributed by atoms with Crippen LogP contribution < -0.4 is 10.6 Å². The van der Waals surface area contributed by atoms with E-state index in [4.69, 9.17) is 5.11 Å². The van der Waals surface area contributed by atoms with Crippen molar-refractivity contribution in [2.24, 2.45) is 0 Å². The van der Waals surface area contributed by atoms with Crippen molar-refractivity contribution in [1.29, 1.82) is 0 Å². The Labute approximate surface area is 151 Å². The van der Waals surface area contributed by atoms with E-state index in [2.05, 4.69) is 36.0 Å². The number of aromatic amines is 1. The van der Waals surface area contributed by atoms with Gasteiger partial charge in [-0.25, -0.2) is 9.78 Å². The van der Waals surface area contributed by atoms with Crippen LogP contribution in [-0.2, 0) is 0 Å². The molecule has 2 aromatic rings. The van der Waals surface area contributed by atoms with E-state index in [9.17, 15) is 4.79 Å². The number of anilines is 2. The Morgan fingerprint density at radius 3 is 2.28 bits per heavy atom. The SMILES string of the molecule is C1CCCC1.CC1(NC(=O)O)CC1.[HH].[HH].[HH].c1cnc(Nc2ccn[nH]2)nn1. The predicted octanol–water partition coefficient (Wildman–Crippen LogP) is 3.83. The average Bonchev–Trinajstić information content (AvgIpc) is 3.08. The van der Waals surface area contributed by atoms with E-state index in [1.165, 1.54) is 38.3 Å². The first-order chi connectivity index (χ1) is 12.1. The summed E-state index contributed by atoms with van der Waals surface area (Å²) in [6.45, 7) is 1.90. The van der Waals surface area contributed by atoms with E-state index in [0.717, 1.165) is 18.7 Å². The third kappa shape index (κ3) is 8.09. The number of nitrogens with zero attached hydrogens (tertiary/aromatic N) is 4. The van der Waals surface area contributed by atoms with Crippen molar-refractivity contribution >= 4 is 17.9 Å².